The van der Waals surface area contributed by atoms with Crippen molar-refractivity contribution in [3.05, 3.63) is 48.6 Å². The molecule has 356 valence electrons. The molecule has 2 N–H and O–H groups in total. The van der Waals surface area contributed by atoms with Gasteiger partial charge in [0.2, 0.25) is 0 Å². The van der Waals surface area contributed by atoms with E-state index in [-0.39, 0.29) is 26.1 Å². The molecule has 11 nitrogen and oxygen atoms in total. The minimum absolute atomic E-state index is 0.0630. The summed E-state index contributed by atoms with van der Waals surface area (Å²) in [5, 5.41) is 20.5. The zero-order chi connectivity index (χ0) is 45.3. The van der Waals surface area contributed by atoms with Crippen LogP contribution in [0, 0.1) is 0 Å². The molecule has 0 spiro atoms. The average molecular weight is 884 g/mol. The number of likely N-dealkylation sites (N-methyl/N-ethyl adjacent to an activating group) is 1. The van der Waals surface area contributed by atoms with Crippen molar-refractivity contribution in [1.29, 1.82) is 0 Å². The summed E-state index contributed by atoms with van der Waals surface area (Å²) in [4.78, 5) is 37.6. The van der Waals surface area contributed by atoms with E-state index in [1.807, 2.05) is 27.2 Å². The minimum atomic E-state index is -4.67. The van der Waals surface area contributed by atoms with Crippen molar-refractivity contribution in [2.75, 3.05) is 47.5 Å². The first-order valence-corrected chi connectivity index (χ1v) is 25.5. The number of esters is 2. The molecule has 0 rings (SSSR count). The lowest BCUT2D eigenvalue weighted by Crippen LogP contribution is -2.37. The molecule has 0 aromatic rings. The number of ether oxygens (including phenoxy) is 2. The first-order chi connectivity index (χ1) is 29.3. The van der Waals surface area contributed by atoms with Gasteiger partial charge in [-0.15, -0.1) is 0 Å². The molecule has 12 heteroatoms. The van der Waals surface area contributed by atoms with Gasteiger partial charge in [-0.2, -0.15) is 0 Å². The molecule has 0 aromatic heterocycles. The fourth-order valence-electron chi connectivity index (χ4n) is 6.33. The Hall–Kier alpha value is -2.11. The van der Waals surface area contributed by atoms with E-state index in [9.17, 15) is 29.3 Å². The van der Waals surface area contributed by atoms with Crippen LogP contribution < -0.4 is 4.89 Å². The van der Waals surface area contributed by atoms with E-state index in [2.05, 4.69) is 56.4 Å². The Kier molecular flexibility index (Phi) is 39.2. The number of rotatable bonds is 43. The van der Waals surface area contributed by atoms with Crippen LogP contribution in [0.3, 0.4) is 0 Å². The lowest BCUT2D eigenvalue weighted by molar-refractivity contribution is -0.870. The SMILES string of the molecule is CCCCC/C=C\C[C@H](O)[C@@H](O)CCCCCCCC(=O)O[C@H](COC(=O)CCCCCCCC/C=C\C/C=C\C/C=C\CCCCCC)COP(=O)([O-])OCC[N+](C)(C)C. The summed E-state index contributed by atoms with van der Waals surface area (Å²) >= 11 is 0. The second-order valence-corrected chi connectivity index (χ2v) is 18.8. The molecule has 0 heterocycles. The van der Waals surface area contributed by atoms with Crippen LogP contribution >= 0.6 is 7.82 Å². The fraction of sp³-hybridized carbons (Fsp3) is 0.796. The normalized spacial score (nSPS) is 15.0. The standard InChI is InChI=1S/C49H90NO10P/c1-6-8-10-12-14-15-16-17-18-19-20-21-22-23-24-25-26-27-31-35-39-48(53)57-43-45(44-59-61(55,56)58-42-41-50(3,4)5)60-49(54)40-36-32-28-30-34-38-47(52)46(51)37-33-29-13-11-9-7-2/h15-16,18-19,21-22,29,33,45-47,51-52H,6-14,17,20,23-28,30-32,34-44H2,1-5H3/b16-15-,19-18-,22-21-,33-29-/t45-,46+,47+/m1/s1. The highest BCUT2D eigenvalue weighted by atomic mass is 31.2. The molecule has 0 aliphatic heterocycles. The topological polar surface area (TPSA) is 152 Å². The summed E-state index contributed by atoms with van der Waals surface area (Å²) in [6.45, 7) is 3.95. The Bertz CT molecular complexity index is 1210. The lowest BCUT2D eigenvalue weighted by atomic mass is 10.0. The summed E-state index contributed by atoms with van der Waals surface area (Å²) in [6, 6.07) is 0. The zero-order valence-corrected chi connectivity index (χ0v) is 40.2. The van der Waals surface area contributed by atoms with E-state index in [1.165, 1.54) is 44.9 Å². The second-order valence-electron chi connectivity index (χ2n) is 17.4. The van der Waals surface area contributed by atoms with Gasteiger partial charge in [-0.1, -0.05) is 146 Å². The van der Waals surface area contributed by atoms with Crippen LogP contribution in [-0.2, 0) is 32.7 Å². The van der Waals surface area contributed by atoms with Gasteiger partial charge >= 0.3 is 11.9 Å². The molecular formula is C49H90NO10P. The molecule has 0 aliphatic rings. The van der Waals surface area contributed by atoms with Gasteiger partial charge in [0.1, 0.15) is 19.8 Å². The number of unbranched alkanes of at least 4 members (excludes halogenated alkanes) is 17. The predicted molar refractivity (Wildman–Crippen MR) is 248 cm³/mol. The van der Waals surface area contributed by atoms with Gasteiger partial charge in [0.05, 0.1) is 40.0 Å². The van der Waals surface area contributed by atoms with Gasteiger partial charge < -0.3 is 38.1 Å². The summed E-state index contributed by atoms with van der Waals surface area (Å²) in [7, 11) is 1.06. The highest BCUT2D eigenvalue weighted by Crippen LogP contribution is 2.38. The number of aliphatic hydroxyl groups is 2. The van der Waals surface area contributed by atoms with Crippen LogP contribution in [0.2, 0.25) is 0 Å². The molecular weight excluding hydrogens is 794 g/mol. The molecule has 0 fully saturated rings. The Labute approximate surface area is 372 Å². The predicted octanol–water partition coefficient (Wildman–Crippen LogP) is 11.2. The van der Waals surface area contributed by atoms with Crippen molar-refractivity contribution < 1.29 is 52.3 Å². The van der Waals surface area contributed by atoms with E-state index in [0.717, 1.165) is 89.9 Å². The van der Waals surface area contributed by atoms with Gasteiger partial charge in [-0.25, -0.2) is 0 Å². The van der Waals surface area contributed by atoms with Crippen LogP contribution in [0.5, 0.6) is 0 Å². The lowest BCUT2D eigenvalue weighted by Gasteiger charge is -2.28. The smallest absolute Gasteiger partial charge is 0.306 e. The molecule has 0 saturated heterocycles. The molecule has 0 aromatic carbocycles. The highest BCUT2D eigenvalue weighted by Gasteiger charge is 2.22. The van der Waals surface area contributed by atoms with Crippen LogP contribution in [0.4, 0.5) is 0 Å². The molecule has 61 heavy (non-hydrogen) atoms. The molecule has 4 atom stereocenters. The first kappa shape index (κ1) is 58.9. The van der Waals surface area contributed by atoms with Gasteiger partial charge in [0.25, 0.3) is 7.82 Å². The third kappa shape index (κ3) is 42.9. The zero-order valence-electron chi connectivity index (χ0n) is 39.3. The number of nitrogens with zero attached hydrogens (tertiary/aromatic N) is 1. The number of quaternary nitrogens is 1. The van der Waals surface area contributed by atoms with Crippen molar-refractivity contribution in [1.82, 2.24) is 0 Å². The number of carbonyl (C=O) groups is 2. The summed E-state index contributed by atoms with van der Waals surface area (Å²) < 4.78 is 33.8. The maximum absolute atomic E-state index is 12.7. The number of allylic oxidation sites excluding steroid dienone is 7. The third-order valence-corrected chi connectivity index (χ3v) is 11.2. The molecule has 0 saturated carbocycles. The largest absolute Gasteiger partial charge is 0.756 e. The van der Waals surface area contributed by atoms with Crippen molar-refractivity contribution in [3.63, 3.8) is 0 Å². The maximum Gasteiger partial charge on any atom is 0.306 e. The molecule has 0 aliphatic carbocycles. The Morgan fingerprint density at radius 3 is 1.66 bits per heavy atom. The number of phosphoric ester groups is 1. The second kappa shape index (κ2) is 40.7. The maximum atomic E-state index is 12.7. The van der Waals surface area contributed by atoms with E-state index in [1.54, 1.807) is 0 Å². The first-order valence-electron chi connectivity index (χ1n) is 24.0. The fourth-order valence-corrected chi connectivity index (χ4v) is 7.06. The van der Waals surface area contributed by atoms with Crippen LogP contribution in [-0.4, -0.2) is 92.5 Å². The molecule has 0 amide bonds. The number of carbonyl (C=O) groups excluding carboxylic acids is 2. The number of phosphoric acid groups is 1. The minimum Gasteiger partial charge on any atom is -0.756 e. The van der Waals surface area contributed by atoms with Crippen molar-refractivity contribution >= 4 is 19.8 Å². The van der Waals surface area contributed by atoms with Gasteiger partial charge in [0, 0.05) is 12.8 Å². The van der Waals surface area contributed by atoms with Gasteiger partial charge in [-0.3, -0.25) is 14.2 Å². The van der Waals surface area contributed by atoms with Gasteiger partial charge in [0.15, 0.2) is 6.10 Å². The monoisotopic (exact) mass is 884 g/mol. The van der Waals surface area contributed by atoms with Crippen LogP contribution in [0.15, 0.2) is 48.6 Å². The Morgan fingerprint density at radius 1 is 0.590 bits per heavy atom. The van der Waals surface area contributed by atoms with E-state index in [0.29, 0.717) is 36.7 Å². The number of hydrogen-bond donors (Lipinski definition) is 2. The number of aliphatic hydroxyl groups excluding tert-OH is 2. The van der Waals surface area contributed by atoms with Crippen LogP contribution in [0.25, 0.3) is 0 Å². The van der Waals surface area contributed by atoms with Crippen molar-refractivity contribution in [2.45, 2.75) is 206 Å². The average Bonchev–Trinajstić information content (AvgIpc) is 3.21. The molecule has 1 unspecified atom stereocenters. The third-order valence-electron chi connectivity index (χ3n) is 10.3. The summed E-state index contributed by atoms with van der Waals surface area (Å²) in [5.74, 6) is -0.962. The van der Waals surface area contributed by atoms with Crippen LogP contribution in [0.1, 0.15) is 187 Å². The van der Waals surface area contributed by atoms with Crippen molar-refractivity contribution in [3.8, 4) is 0 Å². The highest BCUT2D eigenvalue weighted by molar-refractivity contribution is 7.45. The quantitative estimate of drug-likeness (QED) is 0.0199. The Balaban J connectivity index is 4.44. The number of hydrogen-bond acceptors (Lipinski definition) is 10. The summed E-state index contributed by atoms with van der Waals surface area (Å²) in [6.07, 6.45) is 40.1. The Morgan fingerprint density at radius 2 is 1.07 bits per heavy atom. The van der Waals surface area contributed by atoms with Crippen molar-refractivity contribution in [2.24, 2.45) is 0 Å². The van der Waals surface area contributed by atoms with E-state index >= 15 is 0 Å². The molecule has 0 radical (unpaired) electrons. The van der Waals surface area contributed by atoms with Gasteiger partial charge in [-0.05, 0) is 77.0 Å². The summed E-state index contributed by atoms with van der Waals surface area (Å²) in [5.41, 5.74) is 0. The van der Waals surface area contributed by atoms with E-state index < -0.39 is 44.7 Å². The van der Waals surface area contributed by atoms with E-state index in [4.69, 9.17) is 18.5 Å². The molecule has 0 bridgehead atoms.